The smallest absolute Gasteiger partial charge is 0.406 e. The number of halogens is 3. The maximum atomic E-state index is 12.8. The zero-order valence-corrected chi connectivity index (χ0v) is 17.2. The second-order valence-electron chi connectivity index (χ2n) is 7.55. The van der Waals surface area contributed by atoms with Crippen molar-refractivity contribution < 1.29 is 22.7 Å². The van der Waals surface area contributed by atoms with E-state index in [1.807, 2.05) is 29.2 Å². The van der Waals surface area contributed by atoms with Gasteiger partial charge in [-0.25, -0.2) is 9.67 Å². The highest BCUT2D eigenvalue weighted by Gasteiger charge is 2.31. The first kappa shape index (κ1) is 21.8. The highest BCUT2D eigenvalue weighted by atomic mass is 19.4. The molecule has 0 atom stereocenters. The molecule has 3 aromatic rings. The lowest BCUT2D eigenvalue weighted by molar-refractivity contribution is -0.274. The van der Waals surface area contributed by atoms with Crippen LogP contribution in [0.25, 0.3) is 0 Å². The number of carbonyl (C=O) groups excluding carboxylic acids is 1. The van der Waals surface area contributed by atoms with Crippen LogP contribution in [0.5, 0.6) is 5.75 Å². The number of alkyl halides is 3. The van der Waals surface area contributed by atoms with Crippen molar-refractivity contribution in [3.63, 3.8) is 0 Å². The van der Waals surface area contributed by atoms with Crippen LogP contribution in [-0.4, -0.2) is 63.0 Å². The summed E-state index contributed by atoms with van der Waals surface area (Å²) >= 11 is 0. The molecule has 0 bridgehead atoms. The highest BCUT2D eigenvalue weighted by Crippen LogP contribution is 2.23. The van der Waals surface area contributed by atoms with E-state index < -0.39 is 6.36 Å². The summed E-state index contributed by atoms with van der Waals surface area (Å²) in [4.78, 5) is 20.7. The van der Waals surface area contributed by atoms with Gasteiger partial charge in [0.15, 0.2) is 0 Å². The molecule has 2 heterocycles. The normalized spacial score (nSPS) is 15.0. The molecule has 0 radical (unpaired) electrons. The Kier molecular flexibility index (Phi) is 6.40. The molecule has 4 rings (SSSR count). The summed E-state index contributed by atoms with van der Waals surface area (Å²) in [7, 11) is 0. The fraction of sp³-hybridized carbons (Fsp3) is 0.318. The molecule has 0 saturated carbocycles. The summed E-state index contributed by atoms with van der Waals surface area (Å²) in [5.41, 5.74) is 2.56. The standard InChI is InChI=1S/C22H22F3N5O2/c23-22(24,25)32-20-7-3-17(4-8-20)13-28-9-11-29(12-10-28)21(31)19-5-1-18(2-6-19)14-30-16-26-15-27-30/h1-8,15-16H,9-14H2. The number of ether oxygens (including phenoxy) is 1. The number of nitrogens with zero attached hydrogens (tertiary/aromatic N) is 5. The van der Waals surface area contributed by atoms with Gasteiger partial charge in [0.05, 0.1) is 6.54 Å². The van der Waals surface area contributed by atoms with Crippen LogP contribution in [0.4, 0.5) is 13.2 Å². The predicted octanol–water partition coefficient (Wildman–Crippen LogP) is 3.18. The molecule has 1 amide bonds. The molecule has 1 saturated heterocycles. The maximum absolute atomic E-state index is 12.8. The van der Waals surface area contributed by atoms with Gasteiger partial charge in [0.25, 0.3) is 5.91 Å². The molecular formula is C22H22F3N5O2. The Morgan fingerprint density at radius 1 is 0.906 bits per heavy atom. The van der Waals surface area contributed by atoms with Gasteiger partial charge in [-0.2, -0.15) is 5.10 Å². The van der Waals surface area contributed by atoms with Gasteiger partial charge in [0.2, 0.25) is 0 Å². The van der Waals surface area contributed by atoms with Gasteiger partial charge >= 0.3 is 6.36 Å². The third kappa shape index (κ3) is 5.85. The van der Waals surface area contributed by atoms with Crippen LogP contribution in [0.2, 0.25) is 0 Å². The lowest BCUT2D eigenvalue weighted by atomic mass is 10.1. The minimum atomic E-state index is -4.69. The average Bonchev–Trinajstić information content (AvgIpc) is 3.28. The van der Waals surface area contributed by atoms with Crippen LogP contribution >= 0.6 is 0 Å². The van der Waals surface area contributed by atoms with Crippen LogP contribution < -0.4 is 4.74 Å². The van der Waals surface area contributed by atoms with Crippen LogP contribution in [0.15, 0.2) is 61.2 Å². The van der Waals surface area contributed by atoms with Crippen molar-refractivity contribution >= 4 is 5.91 Å². The largest absolute Gasteiger partial charge is 0.573 e. The van der Waals surface area contributed by atoms with Crippen molar-refractivity contribution in [1.29, 1.82) is 0 Å². The number of benzene rings is 2. The van der Waals surface area contributed by atoms with Gasteiger partial charge < -0.3 is 9.64 Å². The zero-order chi connectivity index (χ0) is 22.6. The van der Waals surface area contributed by atoms with Gasteiger partial charge in [-0.05, 0) is 35.4 Å². The first-order chi connectivity index (χ1) is 15.4. The third-order valence-electron chi connectivity index (χ3n) is 5.23. The molecule has 1 fully saturated rings. The molecule has 0 N–H and O–H groups in total. The summed E-state index contributed by atoms with van der Waals surface area (Å²) in [5, 5.41) is 4.07. The zero-order valence-electron chi connectivity index (χ0n) is 17.2. The number of piperazine rings is 1. The summed E-state index contributed by atoms with van der Waals surface area (Å²) in [6, 6.07) is 13.4. The molecule has 10 heteroatoms. The van der Waals surface area contributed by atoms with Gasteiger partial charge in [-0.1, -0.05) is 24.3 Å². The molecule has 32 heavy (non-hydrogen) atoms. The minimum absolute atomic E-state index is 0.00870. The average molecular weight is 445 g/mol. The minimum Gasteiger partial charge on any atom is -0.406 e. The molecule has 0 unspecified atom stereocenters. The van der Waals surface area contributed by atoms with E-state index in [4.69, 9.17) is 0 Å². The van der Waals surface area contributed by atoms with Crippen LogP contribution in [0.3, 0.4) is 0 Å². The van der Waals surface area contributed by atoms with Crippen molar-refractivity contribution in [1.82, 2.24) is 24.6 Å². The Labute approximate surface area is 183 Å². The van der Waals surface area contributed by atoms with Crippen molar-refractivity contribution in [3.8, 4) is 5.75 Å². The van der Waals surface area contributed by atoms with E-state index in [-0.39, 0.29) is 11.7 Å². The second kappa shape index (κ2) is 9.39. The molecule has 168 valence electrons. The third-order valence-corrected chi connectivity index (χ3v) is 5.23. The first-order valence-electron chi connectivity index (χ1n) is 10.1. The summed E-state index contributed by atoms with van der Waals surface area (Å²) < 4.78 is 42.4. The maximum Gasteiger partial charge on any atom is 0.573 e. The fourth-order valence-electron chi connectivity index (χ4n) is 3.60. The molecule has 0 spiro atoms. The Morgan fingerprint density at radius 3 is 2.12 bits per heavy atom. The van der Waals surface area contributed by atoms with Gasteiger partial charge in [-0.3, -0.25) is 9.69 Å². The number of hydrogen-bond donors (Lipinski definition) is 0. The lowest BCUT2D eigenvalue weighted by Gasteiger charge is -2.34. The monoisotopic (exact) mass is 445 g/mol. The van der Waals surface area contributed by atoms with E-state index in [2.05, 4.69) is 19.7 Å². The number of carbonyl (C=O) groups is 1. The van der Waals surface area contributed by atoms with E-state index in [9.17, 15) is 18.0 Å². The van der Waals surface area contributed by atoms with E-state index in [1.165, 1.54) is 18.5 Å². The Morgan fingerprint density at radius 2 is 1.53 bits per heavy atom. The summed E-state index contributed by atoms with van der Waals surface area (Å²) in [5.74, 6) is -0.241. The fourth-order valence-corrected chi connectivity index (χ4v) is 3.60. The lowest BCUT2D eigenvalue weighted by Crippen LogP contribution is -2.48. The van der Waals surface area contributed by atoms with Crippen LogP contribution in [-0.2, 0) is 13.1 Å². The molecule has 1 aliphatic heterocycles. The Hall–Kier alpha value is -3.40. The molecule has 2 aromatic carbocycles. The van der Waals surface area contributed by atoms with Crippen LogP contribution in [0, 0.1) is 0 Å². The van der Waals surface area contributed by atoms with E-state index in [0.717, 1.165) is 11.1 Å². The topological polar surface area (TPSA) is 63.5 Å². The van der Waals surface area contributed by atoms with E-state index in [0.29, 0.717) is 44.8 Å². The first-order valence-corrected chi connectivity index (χ1v) is 10.1. The number of amides is 1. The summed E-state index contributed by atoms with van der Waals surface area (Å²) in [6.07, 6.45) is -1.57. The van der Waals surface area contributed by atoms with Crippen LogP contribution in [0.1, 0.15) is 21.5 Å². The number of rotatable bonds is 6. The quantitative estimate of drug-likeness (QED) is 0.583. The Balaban J connectivity index is 1.26. The Bertz CT molecular complexity index is 1010. The van der Waals surface area contributed by atoms with Gasteiger partial charge in [-0.15, -0.1) is 13.2 Å². The number of aromatic nitrogens is 3. The predicted molar refractivity (Wildman–Crippen MR) is 110 cm³/mol. The van der Waals surface area contributed by atoms with Gasteiger partial charge in [0, 0.05) is 38.3 Å². The second-order valence-corrected chi connectivity index (χ2v) is 7.55. The highest BCUT2D eigenvalue weighted by molar-refractivity contribution is 5.94. The molecule has 7 nitrogen and oxygen atoms in total. The van der Waals surface area contributed by atoms with Crippen molar-refractivity contribution in [2.75, 3.05) is 26.2 Å². The van der Waals surface area contributed by atoms with Gasteiger partial charge in [0.1, 0.15) is 18.4 Å². The van der Waals surface area contributed by atoms with Crippen molar-refractivity contribution in [3.05, 3.63) is 77.9 Å². The van der Waals surface area contributed by atoms with E-state index in [1.54, 1.807) is 23.1 Å². The SMILES string of the molecule is O=C(c1ccc(Cn2cncn2)cc1)N1CCN(Cc2ccc(OC(F)(F)F)cc2)CC1. The molecular weight excluding hydrogens is 423 g/mol. The molecule has 0 aliphatic carbocycles. The molecule has 1 aliphatic rings. The van der Waals surface area contributed by atoms with Crippen molar-refractivity contribution in [2.24, 2.45) is 0 Å². The van der Waals surface area contributed by atoms with E-state index >= 15 is 0 Å². The number of hydrogen-bond acceptors (Lipinski definition) is 5. The van der Waals surface area contributed by atoms with Crippen molar-refractivity contribution in [2.45, 2.75) is 19.5 Å². The summed E-state index contributed by atoms with van der Waals surface area (Å²) in [6.45, 7) is 3.76. The molecule has 1 aromatic heterocycles.